The van der Waals surface area contributed by atoms with Crippen molar-refractivity contribution < 1.29 is 18.0 Å². The molecule has 0 aliphatic heterocycles. The highest BCUT2D eigenvalue weighted by Crippen LogP contribution is 2.35. The number of carbonyl (C=O) groups is 1. The Labute approximate surface area is 176 Å². The predicted octanol–water partition coefficient (Wildman–Crippen LogP) is 5.48. The molecule has 2 heterocycles. The van der Waals surface area contributed by atoms with Gasteiger partial charge in [-0.15, -0.1) is 0 Å². The molecule has 4 rings (SSSR count). The third kappa shape index (κ3) is 4.40. The van der Waals surface area contributed by atoms with Gasteiger partial charge in [0.25, 0.3) is 5.91 Å². The number of hydrogen-bond acceptors (Lipinski definition) is 3. The molecule has 1 atom stereocenters. The molecule has 0 unspecified atom stereocenters. The minimum Gasteiger partial charge on any atom is -0.340 e. The lowest BCUT2D eigenvalue weighted by Gasteiger charge is -2.22. The van der Waals surface area contributed by atoms with Crippen LogP contribution in [-0.4, -0.2) is 15.9 Å². The third-order valence-corrected chi connectivity index (χ3v) is 4.97. The first kappa shape index (κ1) is 20.5. The van der Waals surface area contributed by atoms with E-state index < -0.39 is 23.7 Å². The lowest BCUT2D eigenvalue weighted by Crippen LogP contribution is -2.31. The molecule has 1 amide bonds. The Morgan fingerprint density at radius 3 is 2.39 bits per heavy atom. The van der Waals surface area contributed by atoms with E-state index in [2.05, 4.69) is 15.3 Å². The molecule has 0 saturated heterocycles. The number of alkyl halides is 3. The van der Waals surface area contributed by atoms with Crippen molar-refractivity contribution in [3.05, 3.63) is 107 Å². The molecule has 0 saturated carbocycles. The van der Waals surface area contributed by atoms with Crippen molar-refractivity contribution in [3.63, 3.8) is 0 Å². The molecular weight excluding hydrogens is 403 g/mol. The third-order valence-electron chi connectivity index (χ3n) is 4.97. The molecule has 0 radical (unpaired) electrons. The SMILES string of the molecule is Cc1ccc([C@H](NC(=O)c2ccc3cccnc3c2)c2ncccc2C(F)(F)F)cc1. The Morgan fingerprint density at radius 2 is 1.65 bits per heavy atom. The van der Waals surface area contributed by atoms with E-state index in [1.807, 2.05) is 13.0 Å². The van der Waals surface area contributed by atoms with E-state index in [0.717, 1.165) is 17.0 Å². The van der Waals surface area contributed by atoms with Crippen molar-refractivity contribution in [3.8, 4) is 0 Å². The van der Waals surface area contributed by atoms with Crippen LogP contribution in [0.4, 0.5) is 13.2 Å². The van der Waals surface area contributed by atoms with E-state index in [-0.39, 0.29) is 5.69 Å². The van der Waals surface area contributed by atoms with Gasteiger partial charge in [0.1, 0.15) is 0 Å². The second-order valence-electron chi connectivity index (χ2n) is 7.16. The molecule has 0 aliphatic rings. The summed E-state index contributed by atoms with van der Waals surface area (Å²) in [6.07, 6.45) is -1.70. The summed E-state index contributed by atoms with van der Waals surface area (Å²) < 4.78 is 41.0. The standard InChI is InChI=1S/C24H18F3N3O/c1-15-6-8-17(9-7-15)21(22-19(24(25,26)27)5-3-13-29-22)30-23(31)18-11-10-16-4-2-12-28-20(16)14-18/h2-14,21H,1H3,(H,30,31)/t21-/m0/s1. The van der Waals surface area contributed by atoms with Crippen LogP contribution in [0, 0.1) is 6.92 Å². The number of halogens is 3. The number of rotatable bonds is 4. The van der Waals surface area contributed by atoms with Crippen molar-refractivity contribution in [2.45, 2.75) is 19.1 Å². The summed E-state index contributed by atoms with van der Waals surface area (Å²) >= 11 is 0. The molecule has 31 heavy (non-hydrogen) atoms. The van der Waals surface area contributed by atoms with Gasteiger partial charge in [-0.25, -0.2) is 0 Å². The molecule has 0 aliphatic carbocycles. The van der Waals surface area contributed by atoms with E-state index in [9.17, 15) is 18.0 Å². The van der Waals surface area contributed by atoms with Crippen LogP contribution in [0.1, 0.15) is 38.8 Å². The smallest absolute Gasteiger partial charge is 0.340 e. The van der Waals surface area contributed by atoms with Crippen LogP contribution in [0.3, 0.4) is 0 Å². The van der Waals surface area contributed by atoms with Crippen molar-refractivity contribution >= 4 is 16.8 Å². The van der Waals surface area contributed by atoms with Crippen molar-refractivity contribution in [1.29, 1.82) is 0 Å². The minimum atomic E-state index is -4.61. The maximum absolute atomic E-state index is 13.7. The van der Waals surface area contributed by atoms with Crippen LogP contribution in [-0.2, 0) is 6.18 Å². The van der Waals surface area contributed by atoms with E-state index in [1.165, 1.54) is 12.3 Å². The number of fused-ring (bicyclic) bond motifs is 1. The van der Waals surface area contributed by atoms with Crippen LogP contribution in [0.5, 0.6) is 0 Å². The fourth-order valence-electron chi connectivity index (χ4n) is 3.38. The molecule has 0 spiro atoms. The first-order chi connectivity index (χ1) is 14.8. The van der Waals surface area contributed by atoms with Gasteiger partial charge in [-0.05, 0) is 42.8 Å². The zero-order valence-corrected chi connectivity index (χ0v) is 16.5. The number of aromatic nitrogens is 2. The Kier molecular flexibility index (Phi) is 5.42. The number of nitrogens with zero attached hydrogens (tertiary/aromatic N) is 2. The van der Waals surface area contributed by atoms with E-state index in [4.69, 9.17) is 0 Å². The minimum absolute atomic E-state index is 0.258. The molecule has 2 aromatic heterocycles. The zero-order valence-electron chi connectivity index (χ0n) is 16.5. The van der Waals surface area contributed by atoms with E-state index >= 15 is 0 Å². The number of amides is 1. The molecule has 7 heteroatoms. The Hall–Kier alpha value is -3.74. The highest BCUT2D eigenvalue weighted by atomic mass is 19.4. The van der Waals surface area contributed by atoms with Gasteiger partial charge in [-0.3, -0.25) is 14.8 Å². The molecule has 0 bridgehead atoms. The van der Waals surface area contributed by atoms with Gasteiger partial charge in [0, 0.05) is 23.3 Å². The van der Waals surface area contributed by atoms with Gasteiger partial charge >= 0.3 is 6.18 Å². The second kappa shape index (κ2) is 8.18. The van der Waals surface area contributed by atoms with Gasteiger partial charge in [0.05, 0.1) is 22.8 Å². The summed E-state index contributed by atoms with van der Waals surface area (Å²) in [7, 11) is 0. The number of pyridine rings is 2. The van der Waals surface area contributed by atoms with Gasteiger partial charge in [-0.1, -0.05) is 42.0 Å². The van der Waals surface area contributed by atoms with Crippen LogP contribution in [0.2, 0.25) is 0 Å². The number of nitrogens with one attached hydrogen (secondary N) is 1. The van der Waals surface area contributed by atoms with Gasteiger partial charge in [0.15, 0.2) is 0 Å². The summed E-state index contributed by atoms with van der Waals surface area (Å²) in [5.41, 5.74) is 1.23. The summed E-state index contributed by atoms with van der Waals surface area (Å²) in [5, 5.41) is 3.59. The first-order valence-corrected chi connectivity index (χ1v) is 9.57. The summed E-state index contributed by atoms with van der Waals surface area (Å²) in [5.74, 6) is -0.517. The molecule has 4 nitrogen and oxygen atoms in total. The lowest BCUT2D eigenvalue weighted by atomic mass is 9.97. The fourth-order valence-corrected chi connectivity index (χ4v) is 3.38. The Bertz CT molecular complexity index is 1240. The normalized spacial score (nSPS) is 12.5. The van der Waals surface area contributed by atoms with Crippen molar-refractivity contribution in [1.82, 2.24) is 15.3 Å². The molecule has 4 aromatic rings. The van der Waals surface area contributed by atoms with Crippen molar-refractivity contribution in [2.24, 2.45) is 0 Å². The lowest BCUT2D eigenvalue weighted by molar-refractivity contribution is -0.138. The van der Waals surface area contributed by atoms with Gasteiger partial charge in [0.2, 0.25) is 0 Å². The van der Waals surface area contributed by atoms with E-state index in [1.54, 1.807) is 54.7 Å². The first-order valence-electron chi connectivity index (χ1n) is 9.57. The molecule has 2 aromatic carbocycles. The number of carbonyl (C=O) groups excluding carboxylic acids is 1. The number of benzene rings is 2. The van der Waals surface area contributed by atoms with Crippen LogP contribution < -0.4 is 5.32 Å². The van der Waals surface area contributed by atoms with Crippen LogP contribution in [0.15, 0.2) is 79.1 Å². The summed E-state index contributed by atoms with van der Waals surface area (Å²) in [6, 6.07) is 16.7. The quantitative estimate of drug-likeness (QED) is 0.475. The molecular formula is C24H18F3N3O. The fraction of sp³-hybridized carbons (Fsp3) is 0.125. The molecule has 156 valence electrons. The summed E-state index contributed by atoms with van der Waals surface area (Å²) in [4.78, 5) is 21.3. The molecule has 0 fully saturated rings. The topological polar surface area (TPSA) is 54.9 Å². The molecule has 1 N–H and O–H groups in total. The zero-order chi connectivity index (χ0) is 22.0. The Balaban J connectivity index is 1.76. The van der Waals surface area contributed by atoms with E-state index in [0.29, 0.717) is 16.6 Å². The highest BCUT2D eigenvalue weighted by Gasteiger charge is 2.37. The second-order valence-corrected chi connectivity index (χ2v) is 7.16. The van der Waals surface area contributed by atoms with Gasteiger partial charge < -0.3 is 5.32 Å². The van der Waals surface area contributed by atoms with Gasteiger partial charge in [-0.2, -0.15) is 13.2 Å². The average Bonchev–Trinajstić information content (AvgIpc) is 2.77. The summed E-state index contributed by atoms with van der Waals surface area (Å²) in [6.45, 7) is 1.88. The Morgan fingerprint density at radius 1 is 0.935 bits per heavy atom. The number of aryl methyl sites for hydroxylation is 1. The predicted molar refractivity (Wildman–Crippen MR) is 111 cm³/mol. The monoisotopic (exact) mass is 421 g/mol. The number of hydrogen-bond donors (Lipinski definition) is 1. The maximum Gasteiger partial charge on any atom is 0.418 e. The van der Waals surface area contributed by atoms with Crippen molar-refractivity contribution in [2.75, 3.05) is 0 Å². The largest absolute Gasteiger partial charge is 0.418 e. The average molecular weight is 421 g/mol. The highest BCUT2D eigenvalue weighted by molar-refractivity contribution is 5.98. The van der Waals surface area contributed by atoms with Crippen LogP contribution in [0.25, 0.3) is 10.9 Å². The maximum atomic E-state index is 13.7. The van der Waals surface area contributed by atoms with Crippen LogP contribution >= 0.6 is 0 Å².